The van der Waals surface area contributed by atoms with Crippen molar-refractivity contribution >= 4 is 17.6 Å². The maximum absolute atomic E-state index is 13.0. The van der Waals surface area contributed by atoms with Crippen LogP contribution in [-0.4, -0.2) is 41.1 Å². The molecule has 0 saturated heterocycles. The second kappa shape index (κ2) is 8.22. The summed E-state index contributed by atoms with van der Waals surface area (Å²) in [6.07, 6.45) is 1.72. The van der Waals surface area contributed by atoms with E-state index in [2.05, 4.69) is 25.6 Å². The van der Waals surface area contributed by atoms with Crippen LogP contribution in [-0.2, 0) is 13.1 Å². The van der Waals surface area contributed by atoms with E-state index in [1.165, 1.54) is 17.3 Å². The number of hydrogen-bond donors (Lipinski definition) is 0. The molecule has 0 spiro atoms. The van der Waals surface area contributed by atoms with Crippen LogP contribution in [0.4, 0.5) is 0 Å². The molecule has 0 aliphatic heterocycles. The van der Waals surface area contributed by atoms with E-state index in [9.17, 15) is 4.79 Å². The van der Waals surface area contributed by atoms with Crippen molar-refractivity contribution in [3.8, 4) is 0 Å². The minimum Gasteiger partial charge on any atom is -0.329 e. The van der Waals surface area contributed by atoms with Crippen LogP contribution in [0.15, 0.2) is 36.9 Å². The number of carbonyl (C=O) groups excluding carboxylic acids is 1. The van der Waals surface area contributed by atoms with E-state index in [-0.39, 0.29) is 5.91 Å². The third-order valence-corrected chi connectivity index (χ3v) is 5.02. The molecule has 7 nitrogen and oxygen atoms in total. The van der Waals surface area contributed by atoms with E-state index in [1.807, 2.05) is 45.0 Å². The number of rotatable bonds is 7. The van der Waals surface area contributed by atoms with Crippen LogP contribution in [0.2, 0.25) is 0 Å². The van der Waals surface area contributed by atoms with Crippen molar-refractivity contribution in [1.29, 1.82) is 0 Å². The Morgan fingerprint density at radius 1 is 1.22 bits per heavy atom. The maximum Gasteiger partial charge on any atom is 0.276 e. The van der Waals surface area contributed by atoms with Gasteiger partial charge in [-0.05, 0) is 26.3 Å². The average Bonchev–Trinajstić information content (AvgIpc) is 3.22. The van der Waals surface area contributed by atoms with Crippen LogP contribution in [0.1, 0.15) is 38.7 Å². The minimum absolute atomic E-state index is 0.160. The van der Waals surface area contributed by atoms with Crippen molar-refractivity contribution < 1.29 is 4.79 Å². The Kier molecular flexibility index (Phi) is 5.75. The van der Waals surface area contributed by atoms with Gasteiger partial charge in [-0.1, -0.05) is 41.1 Å². The van der Waals surface area contributed by atoms with E-state index in [1.54, 1.807) is 15.7 Å². The Balaban J connectivity index is 1.80. The number of nitrogens with zero attached hydrogens (tertiary/aromatic N) is 6. The Morgan fingerprint density at radius 2 is 1.96 bits per heavy atom. The normalized spacial score (nSPS) is 10.8. The summed E-state index contributed by atoms with van der Waals surface area (Å²) in [6, 6.07) is 8.14. The van der Waals surface area contributed by atoms with Gasteiger partial charge in [0.15, 0.2) is 5.69 Å². The quantitative estimate of drug-likeness (QED) is 0.587. The lowest BCUT2D eigenvalue weighted by Gasteiger charge is -2.20. The molecule has 8 heteroatoms. The Bertz CT molecular complexity index is 944. The first-order valence-electron chi connectivity index (χ1n) is 8.63. The molecule has 0 atom stereocenters. The third kappa shape index (κ3) is 4.28. The summed E-state index contributed by atoms with van der Waals surface area (Å²) in [5.74, 6) is -0.160. The zero-order valence-electron chi connectivity index (χ0n) is 15.7. The fraction of sp³-hybridized carbons (Fsp3) is 0.316. The monoisotopic (exact) mass is 382 g/mol. The lowest BCUT2D eigenvalue weighted by Crippen LogP contribution is -2.31. The van der Waals surface area contributed by atoms with Crippen molar-refractivity contribution in [2.24, 2.45) is 0 Å². The van der Waals surface area contributed by atoms with E-state index in [0.29, 0.717) is 31.0 Å². The lowest BCUT2D eigenvalue weighted by atomic mass is 10.1. The standard InChI is InChI=1S/C19H22N6OS/c1-5-10-24(11-16-8-6-13(2)7-9-16)19(26)18-15(4)25(23-20-18)12-17-14(3)21-27-22-17/h5-9H,1,10-12H2,2-4H3. The molecule has 0 unspecified atom stereocenters. The van der Waals surface area contributed by atoms with Gasteiger partial charge in [-0.25, -0.2) is 4.68 Å². The van der Waals surface area contributed by atoms with E-state index < -0.39 is 0 Å². The van der Waals surface area contributed by atoms with Crippen molar-refractivity contribution in [2.45, 2.75) is 33.9 Å². The zero-order chi connectivity index (χ0) is 19.4. The summed E-state index contributed by atoms with van der Waals surface area (Å²) in [6.45, 7) is 10.9. The molecule has 3 rings (SSSR count). The van der Waals surface area contributed by atoms with Gasteiger partial charge in [0.25, 0.3) is 5.91 Å². The summed E-state index contributed by atoms with van der Waals surface area (Å²) < 4.78 is 10.1. The van der Waals surface area contributed by atoms with Crippen molar-refractivity contribution in [1.82, 2.24) is 28.6 Å². The first kappa shape index (κ1) is 18.9. The second-order valence-electron chi connectivity index (χ2n) is 6.44. The molecule has 3 aromatic rings. The van der Waals surface area contributed by atoms with E-state index in [4.69, 9.17) is 0 Å². The van der Waals surface area contributed by atoms with Crippen LogP contribution < -0.4 is 0 Å². The highest BCUT2D eigenvalue weighted by atomic mass is 32.1. The third-order valence-electron chi connectivity index (χ3n) is 4.36. The molecule has 2 aromatic heterocycles. The molecule has 0 fully saturated rings. The Hall–Kier alpha value is -2.87. The van der Waals surface area contributed by atoms with Crippen LogP contribution >= 0.6 is 11.7 Å². The van der Waals surface area contributed by atoms with Crippen molar-refractivity contribution in [3.05, 3.63) is 70.8 Å². The second-order valence-corrected chi connectivity index (χ2v) is 6.97. The zero-order valence-corrected chi connectivity index (χ0v) is 16.5. The van der Waals surface area contributed by atoms with Crippen LogP contribution in [0.25, 0.3) is 0 Å². The molecule has 0 saturated carbocycles. The van der Waals surface area contributed by atoms with Crippen LogP contribution in [0, 0.1) is 20.8 Å². The highest BCUT2D eigenvalue weighted by Crippen LogP contribution is 2.14. The highest BCUT2D eigenvalue weighted by Gasteiger charge is 2.22. The largest absolute Gasteiger partial charge is 0.329 e. The number of aromatic nitrogens is 5. The van der Waals surface area contributed by atoms with Crippen molar-refractivity contribution in [2.75, 3.05) is 6.54 Å². The van der Waals surface area contributed by atoms with Gasteiger partial charge in [0, 0.05) is 13.1 Å². The summed E-state index contributed by atoms with van der Waals surface area (Å²) in [4.78, 5) is 14.8. The smallest absolute Gasteiger partial charge is 0.276 e. The minimum atomic E-state index is -0.160. The van der Waals surface area contributed by atoms with Crippen molar-refractivity contribution in [3.63, 3.8) is 0 Å². The molecule has 1 aromatic carbocycles. The summed E-state index contributed by atoms with van der Waals surface area (Å²) in [5.41, 5.74) is 5.02. The van der Waals surface area contributed by atoms with Gasteiger partial charge in [0.2, 0.25) is 0 Å². The van der Waals surface area contributed by atoms with Gasteiger partial charge >= 0.3 is 0 Å². The van der Waals surface area contributed by atoms with Gasteiger partial charge < -0.3 is 4.90 Å². The Morgan fingerprint density at radius 3 is 2.59 bits per heavy atom. The number of amides is 1. The first-order valence-corrected chi connectivity index (χ1v) is 9.36. The number of carbonyl (C=O) groups is 1. The topological polar surface area (TPSA) is 76.8 Å². The molecule has 0 radical (unpaired) electrons. The van der Waals surface area contributed by atoms with Crippen LogP contribution in [0.3, 0.4) is 0 Å². The molecule has 0 aliphatic carbocycles. The van der Waals surface area contributed by atoms with Crippen LogP contribution in [0.5, 0.6) is 0 Å². The number of aryl methyl sites for hydroxylation is 2. The molecule has 2 heterocycles. The van der Waals surface area contributed by atoms with Gasteiger partial charge in [-0.15, -0.1) is 11.7 Å². The maximum atomic E-state index is 13.0. The molecule has 0 N–H and O–H groups in total. The molecule has 27 heavy (non-hydrogen) atoms. The first-order chi connectivity index (χ1) is 13.0. The SMILES string of the molecule is C=CCN(Cc1ccc(C)cc1)C(=O)c1nnn(Cc2nsnc2C)c1C. The number of hydrogen-bond acceptors (Lipinski definition) is 6. The fourth-order valence-electron chi connectivity index (χ4n) is 2.68. The molecular weight excluding hydrogens is 360 g/mol. The van der Waals surface area contributed by atoms with Gasteiger partial charge in [-0.3, -0.25) is 4.79 Å². The Labute approximate surface area is 162 Å². The summed E-state index contributed by atoms with van der Waals surface area (Å²) >= 11 is 1.17. The van der Waals surface area contributed by atoms with Gasteiger partial charge in [0.1, 0.15) is 0 Å². The van der Waals surface area contributed by atoms with E-state index >= 15 is 0 Å². The lowest BCUT2D eigenvalue weighted by molar-refractivity contribution is 0.0756. The highest BCUT2D eigenvalue weighted by molar-refractivity contribution is 6.99. The molecule has 0 aliphatic rings. The fourth-order valence-corrected chi connectivity index (χ4v) is 3.24. The van der Waals surface area contributed by atoms with Gasteiger partial charge in [0.05, 0.1) is 35.4 Å². The molecule has 0 bridgehead atoms. The predicted molar refractivity (Wildman–Crippen MR) is 105 cm³/mol. The molecule has 1 amide bonds. The number of benzene rings is 1. The molecule has 140 valence electrons. The summed E-state index contributed by atoms with van der Waals surface area (Å²) in [7, 11) is 0. The predicted octanol–water partition coefficient (Wildman–Crippen LogP) is 2.93. The summed E-state index contributed by atoms with van der Waals surface area (Å²) in [5, 5.41) is 8.27. The average molecular weight is 382 g/mol. The molecular formula is C19H22N6OS. The van der Waals surface area contributed by atoms with Gasteiger partial charge in [-0.2, -0.15) is 8.75 Å². The van der Waals surface area contributed by atoms with E-state index in [0.717, 1.165) is 17.0 Å².